The normalized spacial score (nSPS) is 19.2. The van der Waals surface area contributed by atoms with E-state index in [1.165, 1.54) is 19.3 Å². The zero-order chi connectivity index (χ0) is 18.9. The van der Waals surface area contributed by atoms with Gasteiger partial charge in [-0.05, 0) is 38.3 Å². The second-order valence-electron chi connectivity index (χ2n) is 7.40. The largest absolute Gasteiger partial charge is 0.367 e. The molecular formula is C19H27N5O2S. The molecule has 0 amide bonds. The highest BCUT2D eigenvalue weighted by atomic mass is 32.2. The summed E-state index contributed by atoms with van der Waals surface area (Å²) in [7, 11) is -3.06. The Labute approximate surface area is 160 Å². The molecule has 0 spiro atoms. The van der Waals surface area contributed by atoms with Gasteiger partial charge in [-0.25, -0.2) is 22.7 Å². The van der Waals surface area contributed by atoms with Crippen molar-refractivity contribution in [2.75, 3.05) is 48.7 Å². The summed E-state index contributed by atoms with van der Waals surface area (Å²) in [5, 5.41) is 3.46. The van der Waals surface area contributed by atoms with Crippen LogP contribution in [0, 0.1) is 5.92 Å². The van der Waals surface area contributed by atoms with E-state index < -0.39 is 10.0 Å². The fourth-order valence-electron chi connectivity index (χ4n) is 3.74. The highest BCUT2D eigenvalue weighted by molar-refractivity contribution is 7.89. The highest BCUT2D eigenvalue weighted by Crippen LogP contribution is 2.28. The molecule has 146 valence electrons. The van der Waals surface area contributed by atoms with Gasteiger partial charge in [-0.3, -0.25) is 0 Å². The molecule has 2 fully saturated rings. The Morgan fingerprint density at radius 2 is 1.74 bits per heavy atom. The van der Waals surface area contributed by atoms with Gasteiger partial charge in [0.15, 0.2) is 11.6 Å². The number of nitrogens with one attached hydrogen (secondary N) is 1. The van der Waals surface area contributed by atoms with Crippen molar-refractivity contribution in [2.45, 2.75) is 26.2 Å². The zero-order valence-electron chi connectivity index (χ0n) is 15.8. The summed E-state index contributed by atoms with van der Waals surface area (Å²) in [6, 6.07) is 7.94. The molecule has 0 radical (unpaired) electrons. The van der Waals surface area contributed by atoms with E-state index in [1.807, 2.05) is 24.3 Å². The molecule has 8 heteroatoms. The topological polar surface area (TPSA) is 78.4 Å². The molecule has 7 nitrogen and oxygen atoms in total. The Morgan fingerprint density at radius 1 is 1.07 bits per heavy atom. The molecule has 0 aliphatic carbocycles. The zero-order valence-corrected chi connectivity index (χ0v) is 16.6. The van der Waals surface area contributed by atoms with Crippen LogP contribution in [0.5, 0.6) is 0 Å². The van der Waals surface area contributed by atoms with Gasteiger partial charge < -0.3 is 10.2 Å². The first-order valence-electron chi connectivity index (χ1n) is 9.80. The van der Waals surface area contributed by atoms with Crippen LogP contribution < -0.4 is 10.2 Å². The minimum atomic E-state index is -3.06. The van der Waals surface area contributed by atoms with Crippen LogP contribution >= 0.6 is 0 Å². The predicted molar refractivity (Wildman–Crippen MR) is 109 cm³/mol. The molecule has 4 rings (SSSR count). The monoisotopic (exact) mass is 389 g/mol. The number of benzene rings is 1. The third-order valence-corrected chi connectivity index (χ3v) is 7.26. The summed E-state index contributed by atoms with van der Waals surface area (Å²) in [5.74, 6) is 2.22. The SMILES string of the molecule is CCS(=O)(=O)N1CC(CNc2nc3ccccc3nc2N2CCCCC2)C1. The highest BCUT2D eigenvalue weighted by Gasteiger charge is 2.34. The van der Waals surface area contributed by atoms with Crippen LogP contribution in [0.3, 0.4) is 0 Å². The molecule has 2 saturated heterocycles. The van der Waals surface area contributed by atoms with Crippen molar-refractivity contribution in [3.63, 3.8) is 0 Å². The molecule has 0 bridgehead atoms. The summed E-state index contributed by atoms with van der Waals surface area (Å²) in [6.07, 6.45) is 3.63. The lowest BCUT2D eigenvalue weighted by Crippen LogP contribution is -2.52. The van der Waals surface area contributed by atoms with E-state index in [9.17, 15) is 8.42 Å². The lowest BCUT2D eigenvalue weighted by Gasteiger charge is -2.38. The number of para-hydroxylation sites is 2. The van der Waals surface area contributed by atoms with Gasteiger partial charge in [0, 0.05) is 38.6 Å². The van der Waals surface area contributed by atoms with E-state index in [0.717, 1.165) is 35.8 Å². The first kappa shape index (κ1) is 18.4. The van der Waals surface area contributed by atoms with E-state index in [0.29, 0.717) is 25.6 Å². The average molecular weight is 390 g/mol. The molecule has 0 atom stereocenters. The first-order chi connectivity index (χ1) is 13.1. The third-order valence-electron chi connectivity index (χ3n) is 5.45. The molecule has 27 heavy (non-hydrogen) atoms. The van der Waals surface area contributed by atoms with E-state index in [1.54, 1.807) is 11.2 Å². The minimum absolute atomic E-state index is 0.169. The summed E-state index contributed by atoms with van der Waals surface area (Å²) in [4.78, 5) is 12.0. The second kappa shape index (κ2) is 7.59. The van der Waals surface area contributed by atoms with Crippen LogP contribution in [0.4, 0.5) is 11.6 Å². The quantitative estimate of drug-likeness (QED) is 0.817. The van der Waals surface area contributed by atoms with Crippen LogP contribution in [0.2, 0.25) is 0 Å². The predicted octanol–water partition coefficient (Wildman–Crippen LogP) is 2.31. The summed E-state index contributed by atoms with van der Waals surface area (Å²) < 4.78 is 25.3. The maximum absolute atomic E-state index is 11.9. The van der Waals surface area contributed by atoms with Gasteiger partial charge in [-0.1, -0.05) is 12.1 Å². The molecule has 0 unspecified atom stereocenters. The number of aromatic nitrogens is 2. The first-order valence-corrected chi connectivity index (χ1v) is 11.4. The molecule has 3 heterocycles. The van der Waals surface area contributed by atoms with Crippen LogP contribution in [0.1, 0.15) is 26.2 Å². The van der Waals surface area contributed by atoms with Gasteiger partial charge in [0.1, 0.15) is 0 Å². The number of nitrogens with zero attached hydrogens (tertiary/aromatic N) is 4. The van der Waals surface area contributed by atoms with Gasteiger partial charge in [-0.15, -0.1) is 0 Å². The van der Waals surface area contributed by atoms with Crippen molar-refractivity contribution in [2.24, 2.45) is 5.92 Å². The Kier molecular flexibility index (Phi) is 5.19. The Balaban J connectivity index is 1.50. The van der Waals surface area contributed by atoms with Crippen molar-refractivity contribution < 1.29 is 8.42 Å². The van der Waals surface area contributed by atoms with Gasteiger partial charge in [-0.2, -0.15) is 0 Å². The second-order valence-corrected chi connectivity index (χ2v) is 9.65. The fraction of sp³-hybridized carbons (Fsp3) is 0.579. The number of fused-ring (bicyclic) bond motifs is 1. The molecule has 2 aromatic rings. The molecule has 0 saturated carbocycles. The van der Waals surface area contributed by atoms with Gasteiger partial charge >= 0.3 is 0 Å². The number of sulfonamides is 1. The number of hydrogen-bond donors (Lipinski definition) is 1. The smallest absolute Gasteiger partial charge is 0.213 e. The minimum Gasteiger partial charge on any atom is -0.367 e. The Morgan fingerprint density at radius 3 is 2.41 bits per heavy atom. The fourth-order valence-corrected chi connectivity index (χ4v) is 4.98. The van der Waals surface area contributed by atoms with Crippen LogP contribution in [0.15, 0.2) is 24.3 Å². The van der Waals surface area contributed by atoms with E-state index in [2.05, 4.69) is 10.2 Å². The van der Waals surface area contributed by atoms with Gasteiger partial charge in [0.25, 0.3) is 0 Å². The maximum Gasteiger partial charge on any atom is 0.213 e. The molecule has 1 N–H and O–H groups in total. The summed E-state index contributed by atoms with van der Waals surface area (Å²) >= 11 is 0. The molecular weight excluding hydrogens is 362 g/mol. The van der Waals surface area contributed by atoms with Crippen LogP contribution in [0.25, 0.3) is 11.0 Å². The van der Waals surface area contributed by atoms with Gasteiger partial charge in [0.2, 0.25) is 10.0 Å². The number of rotatable bonds is 6. The molecule has 1 aromatic carbocycles. The van der Waals surface area contributed by atoms with Crippen molar-refractivity contribution in [1.82, 2.24) is 14.3 Å². The molecule has 2 aliphatic rings. The van der Waals surface area contributed by atoms with Crippen LogP contribution in [-0.2, 0) is 10.0 Å². The molecule has 2 aliphatic heterocycles. The van der Waals surface area contributed by atoms with E-state index >= 15 is 0 Å². The van der Waals surface area contributed by atoms with Crippen molar-refractivity contribution in [3.8, 4) is 0 Å². The van der Waals surface area contributed by atoms with Crippen molar-refractivity contribution in [1.29, 1.82) is 0 Å². The average Bonchev–Trinajstić information content (AvgIpc) is 2.66. The number of piperidine rings is 1. The lowest BCUT2D eigenvalue weighted by molar-refractivity contribution is 0.212. The third kappa shape index (κ3) is 3.87. The van der Waals surface area contributed by atoms with E-state index in [4.69, 9.17) is 9.97 Å². The Bertz CT molecular complexity index is 905. The van der Waals surface area contributed by atoms with E-state index in [-0.39, 0.29) is 5.75 Å². The summed E-state index contributed by atoms with van der Waals surface area (Å²) in [6.45, 7) is 5.59. The van der Waals surface area contributed by atoms with Crippen molar-refractivity contribution >= 4 is 32.7 Å². The van der Waals surface area contributed by atoms with Crippen molar-refractivity contribution in [3.05, 3.63) is 24.3 Å². The lowest BCUT2D eigenvalue weighted by atomic mass is 10.0. The maximum atomic E-state index is 11.9. The summed E-state index contributed by atoms with van der Waals surface area (Å²) in [5.41, 5.74) is 1.79. The number of anilines is 2. The van der Waals surface area contributed by atoms with Gasteiger partial charge in [0.05, 0.1) is 16.8 Å². The Hall–Kier alpha value is -1.93. The standard InChI is InChI=1S/C19H27N5O2S/c1-2-27(25,26)24-13-15(14-24)12-20-18-19(23-10-6-3-7-11-23)22-17-9-5-4-8-16(17)21-18/h4-5,8-9,15H,2-3,6-7,10-14H2,1H3,(H,20,21). The molecule has 1 aromatic heterocycles. The van der Waals surface area contributed by atoms with Crippen LogP contribution in [-0.4, -0.2) is 61.2 Å². The number of hydrogen-bond acceptors (Lipinski definition) is 6.